The minimum Gasteiger partial charge on any atom is -0.394 e. The first kappa shape index (κ1) is 14.1. The monoisotopic (exact) mass is 261 g/mol. The molecule has 2 rings (SSSR count). The summed E-state index contributed by atoms with van der Waals surface area (Å²) in [5.74, 6) is 0.0788. The lowest BCUT2D eigenvalue weighted by Crippen LogP contribution is -2.42. The molecule has 2 N–H and O–H groups in total. The predicted molar refractivity (Wildman–Crippen MR) is 75.6 cm³/mol. The van der Waals surface area contributed by atoms with Gasteiger partial charge in [-0.15, -0.1) is 0 Å². The van der Waals surface area contributed by atoms with Crippen molar-refractivity contribution in [3.63, 3.8) is 0 Å². The average Bonchev–Trinajstić information content (AvgIpc) is 2.46. The van der Waals surface area contributed by atoms with Crippen LogP contribution in [0, 0.1) is 5.41 Å². The molecule has 1 unspecified atom stereocenters. The van der Waals surface area contributed by atoms with Crippen LogP contribution in [0.5, 0.6) is 0 Å². The summed E-state index contributed by atoms with van der Waals surface area (Å²) in [5, 5.41) is 12.5. The Kier molecular flexibility index (Phi) is 4.59. The van der Waals surface area contributed by atoms with Crippen LogP contribution in [-0.2, 0) is 4.79 Å². The number of carbonyl (C=O) groups is 1. The molecule has 1 aromatic carbocycles. The van der Waals surface area contributed by atoms with Crippen molar-refractivity contribution in [2.45, 2.75) is 45.1 Å². The SMILES string of the molecule is CC1(C(=O)NC(CO)c2ccccc2)CCCCC1. The number of benzene rings is 1. The first-order valence-electron chi connectivity index (χ1n) is 7.12. The van der Waals surface area contributed by atoms with E-state index in [0.29, 0.717) is 0 Å². The van der Waals surface area contributed by atoms with Gasteiger partial charge in [0.05, 0.1) is 12.6 Å². The number of hydrogen-bond donors (Lipinski definition) is 2. The van der Waals surface area contributed by atoms with Crippen LogP contribution in [0.2, 0.25) is 0 Å². The molecule has 1 saturated carbocycles. The van der Waals surface area contributed by atoms with E-state index in [2.05, 4.69) is 5.32 Å². The molecule has 1 amide bonds. The van der Waals surface area contributed by atoms with Crippen LogP contribution in [0.3, 0.4) is 0 Å². The number of aliphatic hydroxyl groups excluding tert-OH is 1. The minimum atomic E-state index is -0.299. The molecule has 3 nitrogen and oxygen atoms in total. The first-order chi connectivity index (χ1) is 9.15. The zero-order valence-electron chi connectivity index (χ0n) is 11.6. The van der Waals surface area contributed by atoms with Gasteiger partial charge in [0, 0.05) is 5.41 Å². The van der Waals surface area contributed by atoms with Crippen molar-refractivity contribution in [1.29, 1.82) is 0 Å². The molecule has 0 saturated heterocycles. The summed E-state index contributed by atoms with van der Waals surface area (Å²) in [4.78, 5) is 12.4. The lowest BCUT2D eigenvalue weighted by atomic mass is 9.75. The Balaban J connectivity index is 2.04. The maximum absolute atomic E-state index is 12.4. The van der Waals surface area contributed by atoms with Gasteiger partial charge >= 0.3 is 0 Å². The van der Waals surface area contributed by atoms with E-state index >= 15 is 0 Å². The lowest BCUT2D eigenvalue weighted by Gasteiger charge is -2.33. The van der Waals surface area contributed by atoms with Crippen molar-refractivity contribution < 1.29 is 9.90 Å². The molecule has 0 aromatic heterocycles. The van der Waals surface area contributed by atoms with Crippen molar-refractivity contribution in [3.8, 4) is 0 Å². The minimum absolute atomic E-state index is 0.0637. The van der Waals surface area contributed by atoms with Crippen LogP contribution in [-0.4, -0.2) is 17.6 Å². The average molecular weight is 261 g/mol. The van der Waals surface area contributed by atoms with Crippen molar-refractivity contribution in [2.24, 2.45) is 5.41 Å². The topological polar surface area (TPSA) is 49.3 Å². The quantitative estimate of drug-likeness (QED) is 0.875. The Morgan fingerprint density at radius 2 is 1.89 bits per heavy atom. The Labute approximate surface area is 115 Å². The summed E-state index contributed by atoms with van der Waals surface area (Å²) < 4.78 is 0. The molecule has 3 heteroatoms. The first-order valence-corrected chi connectivity index (χ1v) is 7.12. The summed E-state index contributed by atoms with van der Waals surface area (Å²) in [5.41, 5.74) is 0.693. The van der Waals surface area contributed by atoms with Crippen LogP contribution in [0.25, 0.3) is 0 Å². The van der Waals surface area contributed by atoms with E-state index in [1.54, 1.807) is 0 Å². The number of nitrogens with one attached hydrogen (secondary N) is 1. The molecule has 0 spiro atoms. The van der Waals surface area contributed by atoms with E-state index < -0.39 is 0 Å². The zero-order valence-corrected chi connectivity index (χ0v) is 11.6. The van der Waals surface area contributed by atoms with Gasteiger partial charge in [-0.25, -0.2) is 0 Å². The molecule has 1 aromatic rings. The highest BCUT2D eigenvalue weighted by Crippen LogP contribution is 2.36. The second-order valence-corrected chi connectivity index (χ2v) is 5.74. The van der Waals surface area contributed by atoms with Gasteiger partial charge in [-0.05, 0) is 18.4 Å². The summed E-state index contributed by atoms with van der Waals surface area (Å²) in [7, 11) is 0. The number of rotatable bonds is 4. The zero-order chi connectivity index (χ0) is 13.7. The molecule has 1 aliphatic carbocycles. The van der Waals surface area contributed by atoms with Crippen LogP contribution in [0.15, 0.2) is 30.3 Å². The number of amides is 1. The number of hydrogen-bond acceptors (Lipinski definition) is 2. The Morgan fingerprint density at radius 3 is 2.47 bits per heavy atom. The van der Waals surface area contributed by atoms with Crippen LogP contribution in [0.4, 0.5) is 0 Å². The van der Waals surface area contributed by atoms with E-state index in [1.165, 1.54) is 6.42 Å². The summed E-state index contributed by atoms with van der Waals surface area (Å²) >= 11 is 0. The molecule has 1 atom stereocenters. The maximum Gasteiger partial charge on any atom is 0.226 e. The normalized spacial score (nSPS) is 19.7. The summed E-state index contributed by atoms with van der Waals surface area (Å²) in [6, 6.07) is 9.35. The molecule has 0 radical (unpaired) electrons. The van der Waals surface area contributed by atoms with Gasteiger partial charge in [-0.1, -0.05) is 56.5 Å². The second-order valence-electron chi connectivity index (χ2n) is 5.74. The van der Waals surface area contributed by atoms with Crippen molar-refractivity contribution in [1.82, 2.24) is 5.32 Å². The van der Waals surface area contributed by atoms with Gasteiger partial charge in [-0.3, -0.25) is 4.79 Å². The molecule has 104 valence electrons. The van der Waals surface area contributed by atoms with Gasteiger partial charge in [0.15, 0.2) is 0 Å². The van der Waals surface area contributed by atoms with Gasteiger partial charge < -0.3 is 10.4 Å². The molecule has 1 aliphatic rings. The van der Waals surface area contributed by atoms with Gasteiger partial charge in [0.1, 0.15) is 0 Å². The molecule has 19 heavy (non-hydrogen) atoms. The van der Waals surface area contributed by atoms with E-state index in [1.807, 2.05) is 37.3 Å². The summed E-state index contributed by atoms with van der Waals surface area (Å²) in [6.07, 6.45) is 5.38. The van der Waals surface area contributed by atoms with Crippen molar-refractivity contribution >= 4 is 5.91 Å². The largest absolute Gasteiger partial charge is 0.394 e. The Morgan fingerprint density at radius 1 is 1.26 bits per heavy atom. The predicted octanol–water partition coefficient (Wildman–Crippen LogP) is 2.81. The highest BCUT2D eigenvalue weighted by molar-refractivity contribution is 5.82. The standard InChI is InChI=1S/C16H23NO2/c1-16(10-6-3-7-11-16)15(19)17-14(12-18)13-8-4-2-5-9-13/h2,4-5,8-9,14,18H,3,6-7,10-12H2,1H3,(H,17,19). The van der Waals surface area contributed by atoms with Gasteiger partial charge in [-0.2, -0.15) is 0 Å². The smallest absolute Gasteiger partial charge is 0.226 e. The highest BCUT2D eigenvalue weighted by atomic mass is 16.3. The van der Waals surface area contributed by atoms with Gasteiger partial charge in [0.25, 0.3) is 0 Å². The Bertz CT molecular complexity index is 410. The van der Waals surface area contributed by atoms with E-state index in [9.17, 15) is 9.90 Å². The van der Waals surface area contributed by atoms with Crippen molar-refractivity contribution in [3.05, 3.63) is 35.9 Å². The Hall–Kier alpha value is -1.35. The van der Waals surface area contributed by atoms with E-state index in [4.69, 9.17) is 0 Å². The maximum atomic E-state index is 12.4. The molecule has 0 heterocycles. The molecular weight excluding hydrogens is 238 g/mol. The fourth-order valence-corrected chi connectivity index (χ4v) is 2.81. The van der Waals surface area contributed by atoms with E-state index in [-0.39, 0.29) is 24.0 Å². The molecule has 0 aliphatic heterocycles. The molecular formula is C16H23NO2. The number of carbonyl (C=O) groups excluding carboxylic acids is 1. The second kappa shape index (κ2) is 6.20. The fraction of sp³-hybridized carbons (Fsp3) is 0.562. The van der Waals surface area contributed by atoms with Crippen LogP contribution in [0.1, 0.15) is 50.6 Å². The lowest BCUT2D eigenvalue weighted by molar-refractivity contribution is -0.133. The van der Waals surface area contributed by atoms with Gasteiger partial charge in [0.2, 0.25) is 5.91 Å². The fourth-order valence-electron chi connectivity index (χ4n) is 2.81. The molecule has 1 fully saturated rings. The van der Waals surface area contributed by atoms with Crippen LogP contribution >= 0.6 is 0 Å². The van der Waals surface area contributed by atoms with Crippen LogP contribution < -0.4 is 5.32 Å². The summed E-state index contributed by atoms with van der Waals surface area (Å²) in [6.45, 7) is 1.98. The third kappa shape index (κ3) is 3.35. The third-order valence-electron chi connectivity index (χ3n) is 4.20. The van der Waals surface area contributed by atoms with E-state index in [0.717, 1.165) is 31.2 Å². The molecule has 0 bridgehead atoms. The highest BCUT2D eigenvalue weighted by Gasteiger charge is 2.35. The third-order valence-corrected chi connectivity index (χ3v) is 4.20. The van der Waals surface area contributed by atoms with Crippen molar-refractivity contribution in [2.75, 3.05) is 6.61 Å². The number of aliphatic hydroxyl groups is 1.